The molecule has 0 unspecified atom stereocenters. The van der Waals surface area contributed by atoms with Crippen LogP contribution < -0.4 is 9.47 Å². The van der Waals surface area contributed by atoms with Crippen LogP contribution in [0.1, 0.15) is 52.6 Å². The number of pyridine rings is 1. The highest BCUT2D eigenvalue weighted by molar-refractivity contribution is 6.21. The van der Waals surface area contributed by atoms with Gasteiger partial charge in [0.1, 0.15) is 11.5 Å². The molecule has 1 aliphatic heterocycles. The van der Waals surface area contributed by atoms with E-state index < -0.39 is 0 Å². The van der Waals surface area contributed by atoms with Crippen LogP contribution in [0.2, 0.25) is 0 Å². The SMILES string of the molecule is COc1cncc(OC)c1CN1C(=O)c2ccc(C(C)(C)C)cc2C1=O. The molecule has 0 atom stereocenters. The van der Waals surface area contributed by atoms with Gasteiger partial charge in [0, 0.05) is 0 Å². The first-order chi connectivity index (χ1) is 12.3. The lowest BCUT2D eigenvalue weighted by Crippen LogP contribution is -2.29. The number of aromatic nitrogens is 1. The van der Waals surface area contributed by atoms with Crippen LogP contribution in [0.15, 0.2) is 30.6 Å². The zero-order chi connectivity index (χ0) is 19.1. The normalized spacial score (nSPS) is 13.8. The van der Waals surface area contributed by atoms with Crippen LogP contribution >= 0.6 is 0 Å². The van der Waals surface area contributed by atoms with Gasteiger partial charge in [0.25, 0.3) is 11.8 Å². The average molecular weight is 354 g/mol. The molecule has 0 radical (unpaired) electrons. The summed E-state index contributed by atoms with van der Waals surface area (Å²) in [7, 11) is 3.02. The molecule has 1 aliphatic rings. The molecule has 0 N–H and O–H groups in total. The zero-order valence-electron chi connectivity index (χ0n) is 15.6. The highest BCUT2D eigenvalue weighted by atomic mass is 16.5. The Hall–Kier alpha value is -2.89. The van der Waals surface area contributed by atoms with Crippen molar-refractivity contribution in [1.82, 2.24) is 9.88 Å². The van der Waals surface area contributed by atoms with Crippen LogP contribution in [-0.4, -0.2) is 35.9 Å². The molecule has 1 aromatic heterocycles. The molecular formula is C20H22N2O4. The molecule has 0 fully saturated rings. The molecule has 3 rings (SSSR count). The second kappa shape index (κ2) is 6.44. The highest BCUT2D eigenvalue weighted by Gasteiger charge is 2.37. The number of carbonyl (C=O) groups is 2. The first-order valence-electron chi connectivity index (χ1n) is 8.33. The van der Waals surface area contributed by atoms with Crippen LogP contribution in [0.4, 0.5) is 0 Å². The molecule has 136 valence electrons. The van der Waals surface area contributed by atoms with Gasteiger partial charge in [-0.25, -0.2) is 0 Å². The lowest BCUT2D eigenvalue weighted by atomic mass is 9.85. The molecule has 0 saturated heterocycles. The Balaban J connectivity index is 1.99. The minimum Gasteiger partial charge on any atom is -0.495 e. The summed E-state index contributed by atoms with van der Waals surface area (Å²) in [6.07, 6.45) is 3.07. The average Bonchev–Trinajstić information content (AvgIpc) is 2.85. The summed E-state index contributed by atoms with van der Waals surface area (Å²) in [5, 5.41) is 0. The van der Waals surface area contributed by atoms with E-state index in [1.165, 1.54) is 31.5 Å². The Morgan fingerprint density at radius 1 is 0.962 bits per heavy atom. The van der Waals surface area contributed by atoms with E-state index in [1.807, 2.05) is 12.1 Å². The van der Waals surface area contributed by atoms with E-state index in [-0.39, 0.29) is 23.8 Å². The predicted octanol–water partition coefficient (Wildman–Crippen LogP) is 3.19. The topological polar surface area (TPSA) is 68.7 Å². The number of methoxy groups -OCH3 is 2. The van der Waals surface area contributed by atoms with Crippen molar-refractivity contribution in [1.29, 1.82) is 0 Å². The summed E-state index contributed by atoms with van der Waals surface area (Å²) in [5.74, 6) is 0.316. The lowest BCUT2D eigenvalue weighted by Gasteiger charge is -2.19. The summed E-state index contributed by atoms with van der Waals surface area (Å²) in [6.45, 7) is 6.27. The Labute approximate surface area is 152 Å². The van der Waals surface area contributed by atoms with Crippen LogP contribution in [-0.2, 0) is 12.0 Å². The standard InChI is InChI=1S/C20H22N2O4/c1-20(2,3)12-6-7-13-14(8-12)19(24)22(18(13)23)11-15-16(25-4)9-21-10-17(15)26-5/h6-10H,11H2,1-5H3. The fourth-order valence-corrected chi connectivity index (χ4v) is 3.02. The van der Waals surface area contributed by atoms with Gasteiger partial charge in [0.2, 0.25) is 0 Å². The number of hydrogen-bond acceptors (Lipinski definition) is 5. The fourth-order valence-electron chi connectivity index (χ4n) is 3.02. The summed E-state index contributed by atoms with van der Waals surface area (Å²) >= 11 is 0. The van der Waals surface area contributed by atoms with Gasteiger partial charge < -0.3 is 9.47 Å². The lowest BCUT2D eigenvalue weighted by molar-refractivity contribution is 0.0640. The Bertz CT molecular complexity index is 862. The number of hydrogen-bond donors (Lipinski definition) is 0. The third-order valence-corrected chi connectivity index (χ3v) is 4.57. The van der Waals surface area contributed by atoms with Crippen LogP contribution in [0.3, 0.4) is 0 Å². The van der Waals surface area contributed by atoms with Crippen molar-refractivity contribution in [3.8, 4) is 11.5 Å². The van der Waals surface area contributed by atoms with Gasteiger partial charge in [0.05, 0.1) is 49.8 Å². The summed E-state index contributed by atoms with van der Waals surface area (Å²) in [5.41, 5.74) is 2.38. The molecule has 0 saturated carbocycles. The quantitative estimate of drug-likeness (QED) is 0.789. The van der Waals surface area contributed by atoms with Gasteiger partial charge in [-0.05, 0) is 23.1 Å². The van der Waals surface area contributed by atoms with Gasteiger partial charge in [-0.15, -0.1) is 0 Å². The first kappa shape index (κ1) is 17.9. The summed E-state index contributed by atoms with van der Waals surface area (Å²) < 4.78 is 10.6. The van der Waals surface area contributed by atoms with E-state index in [4.69, 9.17) is 9.47 Å². The van der Waals surface area contributed by atoms with Crippen molar-refractivity contribution >= 4 is 11.8 Å². The van der Waals surface area contributed by atoms with E-state index in [0.29, 0.717) is 28.2 Å². The monoisotopic (exact) mass is 354 g/mol. The second-order valence-electron chi connectivity index (χ2n) is 7.23. The predicted molar refractivity (Wildman–Crippen MR) is 96.7 cm³/mol. The highest BCUT2D eigenvalue weighted by Crippen LogP contribution is 2.33. The van der Waals surface area contributed by atoms with Crippen molar-refractivity contribution in [2.75, 3.05) is 14.2 Å². The molecule has 2 heterocycles. The maximum absolute atomic E-state index is 12.9. The van der Waals surface area contributed by atoms with Gasteiger partial charge >= 0.3 is 0 Å². The number of rotatable bonds is 4. The van der Waals surface area contributed by atoms with Crippen LogP contribution in [0.25, 0.3) is 0 Å². The molecule has 0 bridgehead atoms. The smallest absolute Gasteiger partial charge is 0.261 e. The van der Waals surface area contributed by atoms with Crippen molar-refractivity contribution in [3.05, 3.63) is 52.8 Å². The number of nitrogens with zero attached hydrogens (tertiary/aromatic N) is 2. The van der Waals surface area contributed by atoms with E-state index in [9.17, 15) is 9.59 Å². The number of carbonyl (C=O) groups excluding carboxylic acids is 2. The van der Waals surface area contributed by atoms with Crippen molar-refractivity contribution in [3.63, 3.8) is 0 Å². The number of amides is 2. The van der Waals surface area contributed by atoms with Crippen LogP contribution in [0.5, 0.6) is 11.5 Å². The minimum absolute atomic E-state index is 0.0616. The molecule has 2 aromatic rings. The van der Waals surface area contributed by atoms with Crippen LogP contribution in [0, 0.1) is 0 Å². The van der Waals surface area contributed by atoms with Gasteiger partial charge in [-0.3, -0.25) is 19.5 Å². The minimum atomic E-state index is -0.314. The molecule has 0 aliphatic carbocycles. The van der Waals surface area contributed by atoms with Crippen molar-refractivity contribution in [2.24, 2.45) is 0 Å². The largest absolute Gasteiger partial charge is 0.495 e. The molecule has 0 spiro atoms. The maximum atomic E-state index is 12.9. The van der Waals surface area contributed by atoms with Crippen molar-refractivity contribution in [2.45, 2.75) is 32.7 Å². The Kier molecular flexibility index (Phi) is 4.44. The third kappa shape index (κ3) is 2.92. The first-order valence-corrected chi connectivity index (χ1v) is 8.33. The second-order valence-corrected chi connectivity index (χ2v) is 7.23. The maximum Gasteiger partial charge on any atom is 0.261 e. The summed E-state index contributed by atoms with van der Waals surface area (Å²) in [4.78, 5) is 30.9. The molecule has 26 heavy (non-hydrogen) atoms. The molecule has 2 amide bonds. The number of imide groups is 1. The number of ether oxygens (including phenoxy) is 2. The number of fused-ring (bicyclic) bond motifs is 1. The van der Waals surface area contributed by atoms with Gasteiger partial charge in [-0.2, -0.15) is 0 Å². The molecule has 6 nitrogen and oxygen atoms in total. The number of benzene rings is 1. The van der Waals surface area contributed by atoms with Gasteiger partial charge in [-0.1, -0.05) is 26.8 Å². The van der Waals surface area contributed by atoms with E-state index in [2.05, 4.69) is 25.8 Å². The zero-order valence-corrected chi connectivity index (χ0v) is 15.6. The third-order valence-electron chi connectivity index (χ3n) is 4.57. The summed E-state index contributed by atoms with van der Waals surface area (Å²) in [6, 6.07) is 5.45. The Morgan fingerprint density at radius 3 is 2.08 bits per heavy atom. The Morgan fingerprint density at radius 2 is 1.54 bits per heavy atom. The molecule has 1 aromatic carbocycles. The molecule has 6 heteroatoms. The van der Waals surface area contributed by atoms with E-state index in [1.54, 1.807) is 6.07 Å². The fraction of sp³-hybridized carbons (Fsp3) is 0.350. The van der Waals surface area contributed by atoms with E-state index in [0.717, 1.165) is 5.56 Å². The van der Waals surface area contributed by atoms with E-state index >= 15 is 0 Å². The van der Waals surface area contributed by atoms with Crippen molar-refractivity contribution < 1.29 is 19.1 Å². The molecular weight excluding hydrogens is 332 g/mol. The van der Waals surface area contributed by atoms with Gasteiger partial charge in [0.15, 0.2) is 0 Å².